The number of hydrogen-bond donors (Lipinski definition) is 2. The number of nitrogens with zero attached hydrogens (tertiary/aromatic N) is 2. The molecule has 1 fully saturated rings. The van der Waals surface area contributed by atoms with E-state index in [0.29, 0.717) is 12.5 Å². The van der Waals surface area contributed by atoms with E-state index in [9.17, 15) is 5.11 Å². The summed E-state index contributed by atoms with van der Waals surface area (Å²) >= 11 is 0. The summed E-state index contributed by atoms with van der Waals surface area (Å²) in [7, 11) is 0. The molecule has 2 N–H and O–H groups in total. The van der Waals surface area contributed by atoms with Gasteiger partial charge in [0.15, 0.2) is 0 Å². The molecule has 2 atom stereocenters. The number of piperidine rings is 1. The Bertz CT molecular complexity index is 251. The van der Waals surface area contributed by atoms with Crippen LogP contribution in [-0.2, 0) is 0 Å². The van der Waals surface area contributed by atoms with Gasteiger partial charge >= 0.3 is 0 Å². The van der Waals surface area contributed by atoms with Crippen molar-refractivity contribution in [2.75, 3.05) is 19.6 Å². The Hall–Kier alpha value is -0.610. The topological polar surface area (TPSA) is 56.1 Å². The van der Waals surface area contributed by atoms with Crippen LogP contribution < -0.4 is 0 Å². The van der Waals surface area contributed by atoms with Gasteiger partial charge in [0, 0.05) is 32.0 Å². The highest BCUT2D eigenvalue weighted by Crippen LogP contribution is 2.20. The Morgan fingerprint density at radius 1 is 1.50 bits per heavy atom. The van der Waals surface area contributed by atoms with E-state index in [2.05, 4.69) is 17.0 Å². The maximum Gasteiger partial charge on any atom is 0.0743 e. The molecular formula is C12H24N2O2. The maximum absolute atomic E-state index is 10.0. The van der Waals surface area contributed by atoms with Crippen LogP contribution in [0.5, 0.6) is 0 Å². The standard InChI is InChI=1S/C12H24N2O2/c1-4-10-8-14(7-6-11(10)13-16)9-12(3,15)5-2/h10,15-16H,4-9H2,1-3H3. The average molecular weight is 228 g/mol. The average Bonchev–Trinajstić information content (AvgIpc) is 2.28. The second kappa shape index (κ2) is 5.64. The van der Waals surface area contributed by atoms with Gasteiger partial charge in [-0.2, -0.15) is 0 Å². The van der Waals surface area contributed by atoms with Gasteiger partial charge in [-0.1, -0.05) is 19.0 Å². The molecule has 4 nitrogen and oxygen atoms in total. The van der Waals surface area contributed by atoms with Crippen LogP contribution in [-0.4, -0.2) is 46.2 Å². The summed E-state index contributed by atoms with van der Waals surface area (Å²) in [5.74, 6) is 0.339. The first kappa shape index (κ1) is 13.5. The molecule has 0 aromatic carbocycles. The fourth-order valence-corrected chi connectivity index (χ4v) is 2.22. The fraction of sp³-hybridized carbons (Fsp3) is 0.917. The van der Waals surface area contributed by atoms with Crippen molar-refractivity contribution in [2.24, 2.45) is 11.1 Å². The molecular weight excluding hydrogens is 204 g/mol. The third kappa shape index (κ3) is 3.46. The van der Waals surface area contributed by atoms with Gasteiger partial charge in [-0.15, -0.1) is 0 Å². The normalized spacial score (nSPS) is 29.2. The van der Waals surface area contributed by atoms with E-state index in [4.69, 9.17) is 5.21 Å². The van der Waals surface area contributed by atoms with E-state index in [-0.39, 0.29) is 0 Å². The predicted octanol–water partition coefficient (Wildman–Crippen LogP) is 1.71. The molecule has 94 valence electrons. The maximum atomic E-state index is 10.0. The molecule has 16 heavy (non-hydrogen) atoms. The van der Waals surface area contributed by atoms with Crippen LogP contribution in [0.2, 0.25) is 0 Å². The van der Waals surface area contributed by atoms with Crippen molar-refractivity contribution in [3.8, 4) is 0 Å². The van der Waals surface area contributed by atoms with Gasteiger partial charge in [0.2, 0.25) is 0 Å². The molecule has 1 heterocycles. The third-order valence-corrected chi connectivity index (χ3v) is 3.58. The van der Waals surface area contributed by atoms with E-state index in [1.165, 1.54) is 0 Å². The molecule has 1 aliphatic heterocycles. The minimum absolute atomic E-state index is 0.339. The van der Waals surface area contributed by atoms with Gasteiger partial charge in [-0.05, 0) is 19.8 Å². The lowest BCUT2D eigenvalue weighted by Gasteiger charge is -2.37. The smallest absolute Gasteiger partial charge is 0.0743 e. The number of aliphatic hydroxyl groups is 1. The number of rotatable bonds is 4. The second-order valence-corrected chi connectivity index (χ2v) is 5.03. The van der Waals surface area contributed by atoms with Gasteiger partial charge < -0.3 is 10.3 Å². The summed E-state index contributed by atoms with van der Waals surface area (Å²) in [4.78, 5) is 2.27. The van der Waals surface area contributed by atoms with Crippen LogP contribution in [0.3, 0.4) is 0 Å². The molecule has 0 radical (unpaired) electrons. The molecule has 0 amide bonds. The first-order valence-electron chi connectivity index (χ1n) is 6.18. The highest BCUT2D eigenvalue weighted by Gasteiger charge is 2.29. The minimum atomic E-state index is -0.605. The lowest BCUT2D eigenvalue weighted by atomic mass is 9.92. The SMILES string of the molecule is CCC1CN(CC(C)(O)CC)CCC1=NO. The fourth-order valence-electron chi connectivity index (χ4n) is 2.22. The lowest BCUT2D eigenvalue weighted by Crippen LogP contribution is -2.47. The van der Waals surface area contributed by atoms with Gasteiger partial charge in [0.25, 0.3) is 0 Å². The molecule has 4 heteroatoms. The number of β-amino-alcohol motifs (C(OH)–C–C–N with tert-alkyl or cyclic N) is 1. The van der Waals surface area contributed by atoms with Crippen molar-refractivity contribution < 1.29 is 10.3 Å². The summed E-state index contributed by atoms with van der Waals surface area (Å²) < 4.78 is 0. The van der Waals surface area contributed by atoms with Gasteiger partial charge in [-0.25, -0.2) is 0 Å². The van der Waals surface area contributed by atoms with Crippen molar-refractivity contribution in [3.63, 3.8) is 0 Å². The van der Waals surface area contributed by atoms with Gasteiger partial charge in [-0.3, -0.25) is 4.90 Å². The van der Waals surface area contributed by atoms with Crippen LogP contribution in [0.25, 0.3) is 0 Å². The Morgan fingerprint density at radius 2 is 2.19 bits per heavy atom. The van der Waals surface area contributed by atoms with E-state index >= 15 is 0 Å². The van der Waals surface area contributed by atoms with E-state index in [0.717, 1.165) is 38.1 Å². The quantitative estimate of drug-likeness (QED) is 0.569. The highest BCUT2D eigenvalue weighted by atomic mass is 16.4. The molecule has 0 aliphatic carbocycles. The van der Waals surface area contributed by atoms with Crippen molar-refractivity contribution in [2.45, 2.75) is 45.6 Å². The number of hydrogen-bond acceptors (Lipinski definition) is 4. The molecule has 0 bridgehead atoms. The van der Waals surface area contributed by atoms with Gasteiger partial charge in [0.1, 0.15) is 0 Å². The number of likely N-dealkylation sites (tertiary alicyclic amines) is 1. The molecule has 0 spiro atoms. The largest absolute Gasteiger partial charge is 0.411 e. The summed E-state index contributed by atoms with van der Waals surface area (Å²) in [6, 6.07) is 0. The number of oxime groups is 1. The molecule has 1 saturated heterocycles. The summed E-state index contributed by atoms with van der Waals surface area (Å²) in [5.41, 5.74) is 0.307. The lowest BCUT2D eigenvalue weighted by molar-refractivity contribution is 0.0121. The Labute approximate surface area is 97.9 Å². The zero-order valence-corrected chi connectivity index (χ0v) is 10.6. The zero-order chi connectivity index (χ0) is 12.2. The minimum Gasteiger partial charge on any atom is -0.411 e. The molecule has 1 aliphatic rings. The van der Waals surface area contributed by atoms with Crippen molar-refractivity contribution in [1.29, 1.82) is 0 Å². The van der Waals surface area contributed by atoms with Gasteiger partial charge in [0.05, 0.1) is 11.3 Å². The van der Waals surface area contributed by atoms with Crippen LogP contribution in [0.15, 0.2) is 5.16 Å². The monoisotopic (exact) mass is 228 g/mol. The first-order chi connectivity index (χ1) is 7.52. The Kier molecular flexibility index (Phi) is 4.74. The molecule has 0 aromatic rings. The predicted molar refractivity (Wildman–Crippen MR) is 65.0 cm³/mol. The third-order valence-electron chi connectivity index (χ3n) is 3.58. The van der Waals surface area contributed by atoms with Crippen molar-refractivity contribution in [3.05, 3.63) is 0 Å². The van der Waals surface area contributed by atoms with Crippen LogP contribution in [0.1, 0.15) is 40.0 Å². The summed E-state index contributed by atoms with van der Waals surface area (Å²) in [6.07, 6.45) is 2.57. The van der Waals surface area contributed by atoms with Crippen LogP contribution in [0, 0.1) is 5.92 Å². The first-order valence-corrected chi connectivity index (χ1v) is 6.18. The van der Waals surface area contributed by atoms with Crippen LogP contribution >= 0.6 is 0 Å². The van der Waals surface area contributed by atoms with Crippen molar-refractivity contribution in [1.82, 2.24) is 4.90 Å². The second-order valence-electron chi connectivity index (χ2n) is 5.03. The van der Waals surface area contributed by atoms with Crippen LogP contribution in [0.4, 0.5) is 0 Å². The molecule has 1 rings (SSSR count). The summed E-state index contributed by atoms with van der Waals surface area (Å²) in [5, 5.41) is 22.3. The Morgan fingerprint density at radius 3 is 2.69 bits per heavy atom. The molecule has 0 saturated carbocycles. The highest BCUT2D eigenvalue weighted by molar-refractivity contribution is 5.87. The van der Waals surface area contributed by atoms with E-state index in [1.54, 1.807) is 0 Å². The van der Waals surface area contributed by atoms with E-state index < -0.39 is 5.60 Å². The van der Waals surface area contributed by atoms with Crippen molar-refractivity contribution >= 4 is 5.71 Å². The zero-order valence-electron chi connectivity index (χ0n) is 10.6. The molecule has 2 unspecified atom stereocenters. The summed E-state index contributed by atoms with van der Waals surface area (Å²) in [6.45, 7) is 8.47. The molecule has 0 aromatic heterocycles. The Balaban J connectivity index is 2.54. The van der Waals surface area contributed by atoms with E-state index in [1.807, 2.05) is 13.8 Å².